The van der Waals surface area contributed by atoms with Gasteiger partial charge in [0.2, 0.25) is 0 Å². The first-order valence-corrected chi connectivity index (χ1v) is 12.1. The van der Waals surface area contributed by atoms with E-state index in [9.17, 15) is 14.7 Å². The van der Waals surface area contributed by atoms with Gasteiger partial charge in [-0.3, -0.25) is 14.5 Å². The molecule has 1 N–H and O–H groups in total. The molecular formula is C28H24N2O5S. The van der Waals surface area contributed by atoms with Crippen LogP contribution in [0.3, 0.4) is 0 Å². The van der Waals surface area contributed by atoms with Gasteiger partial charge in [0.15, 0.2) is 5.13 Å². The van der Waals surface area contributed by atoms with Gasteiger partial charge in [-0.1, -0.05) is 29.5 Å². The monoisotopic (exact) mass is 500 g/mol. The van der Waals surface area contributed by atoms with E-state index in [1.165, 1.54) is 16.2 Å². The molecule has 182 valence electrons. The second-order valence-electron chi connectivity index (χ2n) is 8.59. The summed E-state index contributed by atoms with van der Waals surface area (Å²) in [5, 5.41) is 11.8. The van der Waals surface area contributed by atoms with E-state index in [1.807, 2.05) is 32.0 Å². The summed E-state index contributed by atoms with van der Waals surface area (Å²) in [5.41, 5.74) is 3.57. The molecule has 1 unspecified atom stereocenters. The van der Waals surface area contributed by atoms with Crippen molar-refractivity contribution in [3.05, 3.63) is 88.5 Å². The standard InChI is InChI=1S/C28H24N2O5S/c1-15-8-11-21-22(12-15)36-28(29-21)30-24(17-6-5-7-18(14-17)34-3)23(26(32)27(30)33)25(31)20-10-9-19(35-4)13-16(20)2/h5-14,24,31H,1-4H3/b25-23+. The minimum atomic E-state index is -0.886. The van der Waals surface area contributed by atoms with Gasteiger partial charge in [0, 0.05) is 5.56 Å². The normalized spacial score (nSPS) is 17.1. The fourth-order valence-corrected chi connectivity index (χ4v) is 5.54. The van der Waals surface area contributed by atoms with Crippen molar-refractivity contribution in [2.45, 2.75) is 19.9 Å². The SMILES string of the molecule is COc1cccc(C2/C(=C(\O)c3ccc(OC)cc3C)C(=O)C(=O)N2c2nc3ccc(C)cc3s2)c1. The Hall–Kier alpha value is -4.17. The maximum atomic E-state index is 13.5. The molecular weight excluding hydrogens is 476 g/mol. The fourth-order valence-electron chi connectivity index (χ4n) is 4.45. The molecule has 0 radical (unpaired) electrons. The number of ether oxygens (including phenoxy) is 2. The average molecular weight is 501 g/mol. The van der Waals surface area contributed by atoms with Crippen LogP contribution < -0.4 is 14.4 Å². The average Bonchev–Trinajstić information content (AvgIpc) is 3.41. The van der Waals surface area contributed by atoms with Crippen LogP contribution in [0, 0.1) is 13.8 Å². The van der Waals surface area contributed by atoms with Gasteiger partial charge in [0.05, 0.1) is 36.1 Å². The number of carbonyl (C=O) groups excluding carboxylic acids is 2. The molecule has 0 spiro atoms. The first-order valence-electron chi connectivity index (χ1n) is 11.3. The predicted molar refractivity (Wildman–Crippen MR) is 140 cm³/mol. The number of aryl methyl sites for hydroxylation is 2. The smallest absolute Gasteiger partial charge is 0.301 e. The van der Waals surface area contributed by atoms with Crippen molar-refractivity contribution in [3.8, 4) is 11.5 Å². The van der Waals surface area contributed by atoms with E-state index in [0.29, 0.717) is 33.3 Å². The Balaban J connectivity index is 1.74. The summed E-state index contributed by atoms with van der Waals surface area (Å²) in [4.78, 5) is 33.0. The Bertz CT molecular complexity index is 1550. The Morgan fingerprint density at radius 2 is 1.72 bits per heavy atom. The Labute approximate surface area is 212 Å². The molecule has 8 heteroatoms. The molecule has 4 aromatic rings. The minimum Gasteiger partial charge on any atom is -0.507 e. The minimum absolute atomic E-state index is 0.00282. The molecule has 1 aliphatic heterocycles. The number of methoxy groups -OCH3 is 2. The van der Waals surface area contributed by atoms with E-state index >= 15 is 0 Å². The van der Waals surface area contributed by atoms with Crippen LogP contribution in [0.5, 0.6) is 11.5 Å². The number of fused-ring (bicyclic) bond motifs is 1. The molecule has 1 aliphatic rings. The zero-order valence-electron chi connectivity index (χ0n) is 20.2. The van der Waals surface area contributed by atoms with E-state index in [4.69, 9.17) is 9.47 Å². The number of nitrogens with zero attached hydrogens (tertiary/aromatic N) is 2. The van der Waals surface area contributed by atoms with Crippen LogP contribution in [0.4, 0.5) is 5.13 Å². The highest BCUT2D eigenvalue weighted by Gasteiger charge is 2.48. The number of ketones is 1. The third kappa shape index (κ3) is 3.89. The van der Waals surface area contributed by atoms with Gasteiger partial charge in [0.1, 0.15) is 17.3 Å². The summed E-state index contributed by atoms with van der Waals surface area (Å²) in [6.45, 7) is 3.79. The molecule has 1 saturated heterocycles. The third-order valence-electron chi connectivity index (χ3n) is 6.28. The van der Waals surface area contributed by atoms with Crippen molar-refractivity contribution in [1.29, 1.82) is 0 Å². The molecule has 7 nitrogen and oxygen atoms in total. The number of benzene rings is 3. The second-order valence-corrected chi connectivity index (χ2v) is 9.60. The highest BCUT2D eigenvalue weighted by molar-refractivity contribution is 7.22. The zero-order valence-corrected chi connectivity index (χ0v) is 21.1. The summed E-state index contributed by atoms with van der Waals surface area (Å²) in [6, 6.07) is 17.2. The molecule has 0 bridgehead atoms. The number of anilines is 1. The fraction of sp³-hybridized carbons (Fsp3) is 0.179. The van der Waals surface area contributed by atoms with Gasteiger partial charge in [0.25, 0.3) is 5.78 Å². The summed E-state index contributed by atoms with van der Waals surface area (Å²) < 4.78 is 11.6. The first kappa shape index (κ1) is 23.6. The summed E-state index contributed by atoms with van der Waals surface area (Å²) >= 11 is 1.33. The molecule has 1 atom stereocenters. The lowest BCUT2D eigenvalue weighted by Crippen LogP contribution is -2.29. The van der Waals surface area contributed by atoms with Crippen LogP contribution in [0.1, 0.15) is 28.3 Å². The number of carbonyl (C=O) groups is 2. The molecule has 0 saturated carbocycles. The van der Waals surface area contributed by atoms with E-state index in [1.54, 1.807) is 56.7 Å². The lowest BCUT2D eigenvalue weighted by atomic mass is 9.94. The van der Waals surface area contributed by atoms with E-state index in [-0.39, 0.29) is 11.3 Å². The second kappa shape index (κ2) is 9.13. The zero-order chi connectivity index (χ0) is 25.6. The van der Waals surface area contributed by atoms with Crippen LogP contribution >= 0.6 is 11.3 Å². The van der Waals surface area contributed by atoms with Crippen LogP contribution in [-0.4, -0.2) is 36.0 Å². The number of thiazole rings is 1. The van der Waals surface area contributed by atoms with Crippen molar-refractivity contribution in [2.75, 3.05) is 19.1 Å². The molecule has 0 aliphatic carbocycles. The summed E-state index contributed by atoms with van der Waals surface area (Å²) in [6.07, 6.45) is 0. The van der Waals surface area contributed by atoms with Crippen molar-refractivity contribution >= 4 is 44.1 Å². The number of Topliss-reactive ketones (excluding diaryl/α,β-unsaturated/α-hetero) is 1. The number of aliphatic hydroxyl groups excluding tert-OH is 1. The molecule has 36 heavy (non-hydrogen) atoms. The lowest BCUT2D eigenvalue weighted by Gasteiger charge is -2.23. The number of hydrogen-bond acceptors (Lipinski definition) is 7. The highest BCUT2D eigenvalue weighted by Crippen LogP contribution is 2.45. The van der Waals surface area contributed by atoms with E-state index in [2.05, 4.69) is 4.98 Å². The molecule has 3 aromatic carbocycles. The lowest BCUT2D eigenvalue weighted by molar-refractivity contribution is -0.132. The summed E-state index contributed by atoms with van der Waals surface area (Å²) in [5.74, 6) is -0.574. The van der Waals surface area contributed by atoms with Gasteiger partial charge in [-0.2, -0.15) is 0 Å². The van der Waals surface area contributed by atoms with Crippen molar-refractivity contribution in [2.24, 2.45) is 0 Å². The molecule has 1 aromatic heterocycles. The van der Waals surface area contributed by atoms with Crippen LogP contribution in [0.15, 0.2) is 66.2 Å². The summed E-state index contributed by atoms with van der Waals surface area (Å²) in [7, 11) is 3.11. The van der Waals surface area contributed by atoms with Gasteiger partial charge in [-0.25, -0.2) is 4.98 Å². The maximum absolute atomic E-state index is 13.5. The molecule has 2 heterocycles. The quantitative estimate of drug-likeness (QED) is 0.219. The Morgan fingerprint density at radius 3 is 2.44 bits per heavy atom. The van der Waals surface area contributed by atoms with Crippen LogP contribution in [0.25, 0.3) is 16.0 Å². The topological polar surface area (TPSA) is 89.0 Å². The predicted octanol–water partition coefficient (Wildman–Crippen LogP) is 5.56. The van der Waals surface area contributed by atoms with Crippen LogP contribution in [-0.2, 0) is 9.59 Å². The van der Waals surface area contributed by atoms with Crippen molar-refractivity contribution in [3.63, 3.8) is 0 Å². The Kier molecular flexibility index (Phi) is 5.97. The van der Waals surface area contributed by atoms with E-state index < -0.39 is 17.7 Å². The highest BCUT2D eigenvalue weighted by atomic mass is 32.1. The van der Waals surface area contributed by atoms with Gasteiger partial charge in [-0.05, 0) is 73.0 Å². The van der Waals surface area contributed by atoms with Crippen LogP contribution in [0.2, 0.25) is 0 Å². The number of aromatic nitrogens is 1. The first-order chi connectivity index (χ1) is 17.3. The van der Waals surface area contributed by atoms with Crippen molar-refractivity contribution < 1.29 is 24.2 Å². The molecule has 1 fully saturated rings. The molecule has 1 amide bonds. The van der Waals surface area contributed by atoms with Gasteiger partial charge in [-0.15, -0.1) is 0 Å². The van der Waals surface area contributed by atoms with Gasteiger partial charge < -0.3 is 14.6 Å². The number of rotatable bonds is 5. The number of aliphatic hydroxyl groups is 1. The largest absolute Gasteiger partial charge is 0.507 e. The molecule has 5 rings (SSSR count). The number of amides is 1. The Morgan fingerprint density at radius 1 is 0.972 bits per heavy atom. The van der Waals surface area contributed by atoms with E-state index in [0.717, 1.165) is 15.8 Å². The van der Waals surface area contributed by atoms with Gasteiger partial charge >= 0.3 is 5.91 Å². The maximum Gasteiger partial charge on any atom is 0.301 e. The third-order valence-corrected chi connectivity index (χ3v) is 7.30. The van der Waals surface area contributed by atoms with Crippen molar-refractivity contribution in [1.82, 2.24) is 4.98 Å². The number of hydrogen-bond donors (Lipinski definition) is 1.